The van der Waals surface area contributed by atoms with Crippen LogP contribution in [-0.2, 0) is 35.0 Å². The molecule has 0 radical (unpaired) electrons. The van der Waals surface area contributed by atoms with Crippen LogP contribution in [0, 0.1) is 0 Å². The van der Waals surface area contributed by atoms with E-state index in [0.717, 1.165) is 12.4 Å². The van der Waals surface area contributed by atoms with E-state index in [1.165, 1.54) is 6.92 Å². The molecule has 3 amide bonds. The number of ether oxygens (including phenoxy) is 3. The van der Waals surface area contributed by atoms with Crippen LogP contribution in [0.1, 0.15) is 23.1 Å². The largest absolute Gasteiger partial charge is 0.361 e. The number of halogens is 4. The number of epoxide rings is 1. The average molecular weight is 586 g/mol. The van der Waals surface area contributed by atoms with Gasteiger partial charge in [-0.1, -0.05) is 30.3 Å². The predicted molar refractivity (Wildman–Crippen MR) is 128 cm³/mol. The number of nitrogens with zero attached hydrogens (tertiary/aromatic N) is 3. The third-order valence-electron chi connectivity index (χ3n) is 5.73. The van der Waals surface area contributed by atoms with Crippen molar-refractivity contribution in [3.05, 3.63) is 54.1 Å². The number of Topliss-reactive ketones (excluding diaryl/α,β-unsaturated/α-hetero) is 1. The van der Waals surface area contributed by atoms with Gasteiger partial charge < -0.3 is 30.2 Å². The Kier molecular flexibility index (Phi) is 11.1. The first-order valence-corrected chi connectivity index (χ1v) is 12.1. The molecular weight excluding hydrogens is 560 g/mol. The Bertz CT molecular complexity index is 1190. The van der Waals surface area contributed by atoms with Gasteiger partial charge in [-0.3, -0.25) is 19.2 Å². The number of carbonyl (C=O) groups excluding carboxylic acids is 4. The van der Waals surface area contributed by atoms with Crippen LogP contribution >= 0.6 is 0 Å². The Hall–Kier alpha value is -4.09. The van der Waals surface area contributed by atoms with Gasteiger partial charge in [-0.2, -0.15) is 22.7 Å². The third kappa shape index (κ3) is 9.80. The van der Waals surface area contributed by atoms with Gasteiger partial charge in [0.15, 0.2) is 5.78 Å². The molecule has 0 unspecified atom stereocenters. The van der Waals surface area contributed by atoms with E-state index in [2.05, 4.69) is 40.6 Å². The summed E-state index contributed by atoms with van der Waals surface area (Å²) in [5, 5.41) is 13.4. The van der Waals surface area contributed by atoms with E-state index in [1.54, 1.807) is 30.3 Å². The van der Waals surface area contributed by atoms with Crippen molar-refractivity contribution in [1.82, 2.24) is 31.1 Å². The lowest BCUT2D eigenvalue weighted by Crippen LogP contribution is -2.59. The van der Waals surface area contributed by atoms with Crippen molar-refractivity contribution in [2.45, 2.75) is 50.3 Å². The number of nitrogens with one attached hydrogen (secondary N) is 3. The van der Waals surface area contributed by atoms with E-state index in [-0.39, 0.29) is 13.0 Å². The molecule has 1 aromatic heterocycles. The van der Waals surface area contributed by atoms with Gasteiger partial charge in [0, 0.05) is 6.20 Å². The van der Waals surface area contributed by atoms with Crippen LogP contribution < -0.4 is 16.0 Å². The molecular formula is C24H26F4N6O7. The number of rotatable bonds is 16. The Balaban J connectivity index is 1.77. The molecule has 3 rings (SSSR count). The number of hydrogen-bond acceptors (Lipinski definition) is 10. The summed E-state index contributed by atoms with van der Waals surface area (Å²) in [5.74, 6) is -4.50. The van der Waals surface area contributed by atoms with Gasteiger partial charge >= 0.3 is 13.2 Å². The summed E-state index contributed by atoms with van der Waals surface area (Å²) in [6.45, 7) is -7.21. The van der Waals surface area contributed by atoms with Crippen molar-refractivity contribution < 1.29 is 51.0 Å². The van der Waals surface area contributed by atoms with Gasteiger partial charge in [-0.05, 0) is 18.9 Å². The molecule has 3 N–H and O–H groups in total. The van der Waals surface area contributed by atoms with Gasteiger partial charge in [0.1, 0.15) is 17.7 Å². The maximum atomic E-state index is 13.2. The molecule has 1 fully saturated rings. The molecule has 0 saturated carbocycles. The lowest BCUT2D eigenvalue weighted by atomic mass is 9.94. The molecule has 1 saturated heterocycles. The molecule has 13 nitrogen and oxygen atoms in total. The van der Waals surface area contributed by atoms with Gasteiger partial charge in [0.05, 0.1) is 32.1 Å². The van der Waals surface area contributed by atoms with Crippen LogP contribution in [0.4, 0.5) is 17.6 Å². The fourth-order valence-electron chi connectivity index (χ4n) is 3.50. The SMILES string of the molecule is C[C@@]1(C(=O)[C@H](Cc2ccccc2)NC(=O)[C@H](COC(F)F)NC(=O)[C@H](COC(F)F)NC(=O)c2nccnn2)CO1. The summed E-state index contributed by atoms with van der Waals surface area (Å²) in [4.78, 5) is 55.2. The maximum absolute atomic E-state index is 13.2. The van der Waals surface area contributed by atoms with E-state index in [9.17, 15) is 36.7 Å². The molecule has 1 aromatic carbocycles. The summed E-state index contributed by atoms with van der Waals surface area (Å²) in [7, 11) is 0. The Morgan fingerprint density at radius 3 is 1.98 bits per heavy atom. The van der Waals surface area contributed by atoms with Gasteiger partial charge in [0.2, 0.25) is 17.6 Å². The molecule has 4 atom stereocenters. The van der Waals surface area contributed by atoms with Crippen LogP contribution in [0.3, 0.4) is 0 Å². The first kappa shape index (κ1) is 31.4. The van der Waals surface area contributed by atoms with E-state index in [1.807, 2.05) is 0 Å². The molecule has 222 valence electrons. The average Bonchev–Trinajstić information content (AvgIpc) is 3.71. The molecule has 0 bridgehead atoms. The lowest BCUT2D eigenvalue weighted by Gasteiger charge is -2.25. The van der Waals surface area contributed by atoms with Crippen LogP contribution in [0.15, 0.2) is 42.7 Å². The van der Waals surface area contributed by atoms with Crippen molar-refractivity contribution in [3.63, 3.8) is 0 Å². The van der Waals surface area contributed by atoms with E-state index in [0.29, 0.717) is 5.56 Å². The zero-order valence-electron chi connectivity index (χ0n) is 21.5. The van der Waals surface area contributed by atoms with E-state index >= 15 is 0 Å². The number of hydrogen-bond donors (Lipinski definition) is 3. The van der Waals surface area contributed by atoms with Crippen molar-refractivity contribution in [3.8, 4) is 0 Å². The van der Waals surface area contributed by atoms with Crippen LogP contribution in [0.25, 0.3) is 0 Å². The van der Waals surface area contributed by atoms with Crippen molar-refractivity contribution in [2.75, 3.05) is 19.8 Å². The Morgan fingerprint density at radius 2 is 1.46 bits per heavy atom. The minimum absolute atomic E-state index is 0.00670. The molecule has 2 aromatic rings. The normalized spacial score (nSPS) is 18.3. The van der Waals surface area contributed by atoms with Crippen molar-refractivity contribution in [2.24, 2.45) is 0 Å². The number of amides is 3. The molecule has 0 spiro atoms. The minimum Gasteiger partial charge on any atom is -0.361 e. The van der Waals surface area contributed by atoms with Crippen LogP contribution in [0.2, 0.25) is 0 Å². The van der Waals surface area contributed by atoms with Crippen molar-refractivity contribution in [1.29, 1.82) is 0 Å². The Morgan fingerprint density at radius 1 is 0.902 bits per heavy atom. The van der Waals surface area contributed by atoms with E-state index in [4.69, 9.17) is 4.74 Å². The van der Waals surface area contributed by atoms with E-state index < -0.39 is 79.5 Å². The molecule has 41 heavy (non-hydrogen) atoms. The summed E-state index contributed by atoms with van der Waals surface area (Å²) in [6, 6.07) is 3.65. The van der Waals surface area contributed by atoms with Crippen LogP contribution in [-0.4, -0.2) is 95.5 Å². The van der Waals surface area contributed by atoms with Crippen LogP contribution in [0.5, 0.6) is 0 Å². The summed E-state index contributed by atoms with van der Waals surface area (Å²) in [6.07, 6.45) is 2.26. The monoisotopic (exact) mass is 586 g/mol. The highest BCUT2D eigenvalue weighted by molar-refractivity contribution is 5.99. The first-order valence-electron chi connectivity index (χ1n) is 12.1. The second-order valence-corrected chi connectivity index (χ2v) is 8.88. The fourth-order valence-corrected chi connectivity index (χ4v) is 3.50. The van der Waals surface area contributed by atoms with Gasteiger partial charge in [-0.25, -0.2) is 4.98 Å². The highest BCUT2D eigenvalue weighted by Crippen LogP contribution is 2.29. The molecule has 17 heteroatoms. The number of ketones is 1. The molecule has 2 heterocycles. The quantitative estimate of drug-likeness (QED) is 0.180. The second kappa shape index (κ2) is 14.5. The van der Waals surface area contributed by atoms with Gasteiger partial charge in [0.25, 0.3) is 5.91 Å². The maximum Gasteiger partial charge on any atom is 0.345 e. The fraction of sp³-hybridized carbons (Fsp3) is 0.458. The number of aromatic nitrogens is 3. The summed E-state index contributed by atoms with van der Waals surface area (Å²) < 4.78 is 64.6. The predicted octanol–water partition coefficient (Wildman–Crippen LogP) is 0.0187. The van der Waals surface area contributed by atoms with Crippen molar-refractivity contribution >= 4 is 23.5 Å². The molecule has 0 aliphatic carbocycles. The summed E-state index contributed by atoms with van der Waals surface area (Å²) in [5.41, 5.74) is -0.509. The molecule has 1 aliphatic heterocycles. The summed E-state index contributed by atoms with van der Waals surface area (Å²) >= 11 is 0. The first-order chi connectivity index (χ1) is 19.5. The highest BCUT2D eigenvalue weighted by atomic mass is 19.3. The number of alkyl halides is 4. The second-order valence-electron chi connectivity index (χ2n) is 8.88. The third-order valence-corrected chi connectivity index (χ3v) is 5.73. The molecule has 1 aliphatic rings. The number of benzene rings is 1. The lowest BCUT2D eigenvalue weighted by molar-refractivity contribution is -0.152. The zero-order valence-corrected chi connectivity index (χ0v) is 21.5. The smallest absolute Gasteiger partial charge is 0.345 e. The Labute approximate surface area is 230 Å². The zero-order chi connectivity index (χ0) is 30.0. The topological polar surface area (TPSA) is 174 Å². The highest BCUT2D eigenvalue weighted by Gasteiger charge is 2.50. The number of carbonyl (C=O) groups is 4. The standard InChI is InChI=1S/C24H26F4N6O7/c1-24(12-41-24)17(35)14(9-13-5-3-2-4-6-13)31-19(36)15(10-39-22(25)26)32-20(37)16(11-40-23(27)28)33-21(38)18-29-7-8-30-34-18/h2-8,14-16,22-23H,9-12H2,1H3,(H,31,36)(H,32,37)(H,33,38)/t14-,15-,16-,24-/m0/s1. The van der Waals surface area contributed by atoms with Gasteiger partial charge in [-0.15, -0.1) is 5.10 Å². The minimum atomic E-state index is -3.34.